The van der Waals surface area contributed by atoms with Crippen LogP contribution in [0.2, 0.25) is 0 Å². The molecule has 1 aliphatic rings. The van der Waals surface area contributed by atoms with Crippen LogP contribution in [0.3, 0.4) is 0 Å². The van der Waals surface area contributed by atoms with Crippen molar-refractivity contribution >= 4 is 12.0 Å². The molecule has 0 bridgehead atoms. The molecule has 1 aromatic carbocycles. The van der Waals surface area contributed by atoms with Crippen LogP contribution in [0.25, 0.3) is 0 Å². The van der Waals surface area contributed by atoms with Crippen LogP contribution >= 0.6 is 0 Å². The van der Waals surface area contributed by atoms with Crippen LogP contribution in [0.5, 0.6) is 0 Å². The molecule has 1 aliphatic heterocycles. The van der Waals surface area contributed by atoms with Crippen LogP contribution in [0.1, 0.15) is 33.3 Å². The summed E-state index contributed by atoms with van der Waals surface area (Å²) in [7, 11) is 0. The van der Waals surface area contributed by atoms with E-state index in [2.05, 4.69) is 0 Å². The summed E-state index contributed by atoms with van der Waals surface area (Å²) in [6.07, 6.45) is -0.284. The molecule has 0 radical (unpaired) electrons. The summed E-state index contributed by atoms with van der Waals surface area (Å²) in [5.41, 5.74) is 0.907. The van der Waals surface area contributed by atoms with Gasteiger partial charge in [-0.3, -0.25) is 4.79 Å². The summed E-state index contributed by atoms with van der Waals surface area (Å²) in [6.45, 7) is 8.27. The lowest BCUT2D eigenvalue weighted by molar-refractivity contribution is -0.129. The van der Waals surface area contributed by atoms with Crippen molar-refractivity contribution in [3.05, 3.63) is 35.9 Å². The number of cyclic esters (lactones) is 1. The van der Waals surface area contributed by atoms with E-state index in [0.29, 0.717) is 6.61 Å². The monoisotopic (exact) mass is 277 g/mol. The van der Waals surface area contributed by atoms with E-state index in [1.54, 1.807) is 0 Å². The lowest BCUT2D eigenvalue weighted by Crippen LogP contribution is -2.42. The number of carbonyl (C=O) groups excluding carboxylic acids is 2. The highest BCUT2D eigenvalue weighted by Crippen LogP contribution is 2.20. The predicted molar refractivity (Wildman–Crippen MR) is 78.3 cm³/mol. The van der Waals surface area contributed by atoms with Crippen molar-refractivity contribution in [2.24, 2.45) is 5.92 Å². The van der Waals surface area contributed by atoms with E-state index in [4.69, 9.17) is 4.74 Å². The minimum Gasteiger partial charge on any atom is -0.447 e. The zero-order valence-electron chi connectivity index (χ0n) is 12.6. The fourth-order valence-corrected chi connectivity index (χ4v) is 2.07. The molecule has 1 unspecified atom stereocenters. The Morgan fingerprint density at radius 2 is 1.90 bits per heavy atom. The number of benzene rings is 1. The Hall–Kier alpha value is -1.84. The molecule has 1 fully saturated rings. The van der Waals surface area contributed by atoms with Gasteiger partial charge >= 0.3 is 6.09 Å². The molecule has 4 nitrogen and oxygen atoms in total. The molecular weight excluding hydrogens is 254 g/mol. The van der Waals surface area contributed by atoms with Crippen molar-refractivity contribution in [2.45, 2.75) is 40.2 Å². The van der Waals surface area contributed by atoms with Gasteiger partial charge in [0.05, 0.1) is 12.5 Å². The van der Waals surface area contributed by atoms with Crippen LogP contribution in [0.4, 0.5) is 4.79 Å². The smallest absolute Gasteiger partial charge is 0.416 e. The van der Waals surface area contributed by atoms with E-state index in [1.807, 2.05) is 58.0 Å². The van der Waals surface area contributed by atoms with E-state index in [1.165, 1.54) is 4.90 Å². The van der Waals surface area contributed by atoms with Crippen LogP contribution in [0, 0.1) is 5.92 Å². The predicted octanol–water partition coefficient (Wildman–Crippen LogP) is 3.26. The molecule has 1 atom stereocenters. The van der Waals surface area contributed by atoms with Crippen molar-refractivity contribution in [1.82, 2.24) is 4.90 Å². The Morgan fingerprint density at radius 1 is 1.30 bits per heavy atom. The van der Waals surface area contributed by atoms with Gasteiger partial charge in [0.15, 0.2) is 0 Å². The third-order valence-electron chi connectivity index (χ3n) is 3.14. The molecular formula is C16H23NO3. The maximum absolute atomic E-state index is 12.2. The number of carbonyl (C=O) groups is 2. The third-order valence-corrected chi connectivity index (χ3v) is 3.14. The lowest BCUT2D eigenvalue weighted by Gasteiger charge is -2.22. The first-order valence-corrected chi connectivity index (χ1v) is 7.12. The Morgan fingerprint density at radius 3 is 2.45 bits per heavy atom. The number of amides is 2. The lowest BCUT2D eigenvalue weighted by atomic mass is 10.0. The highest BCUT2D eigenvalue weighted by molar-refractivity contribution is 5.94. The Kier molecular flexibility index (Phi) is 6.22. The summed E-state index contributed by atoms with van der Waals surface area (Å²) in [5, 5.41) is 0. The number of ether oxygens (including phenoxy) is 1. The standard InChI is InChI=1S/C14H17NO3.C2H6/c1-10(2)12-9-18-14(17)15(12)13(16)8-11-6-4-3-5-7-11;1-2/h3-7,10,12H,8-9H2,1-2H3;1-2H3. The van der Waals surface area contributed by atoms with Gasteiger partial charge < -0.3 is 4.74 Å². The van der Waals surface area contributed by atoms with Crippen molar-refractivity contribution in [3.8, 4) is 0 Å². The minimum atomic E-state index is -0.519. The van der Waals surface area contributed by atoms with Gasteiger partial charge in [-0.2, -0.15) is 0 Å². The van der Waals surface area contributed by atoms with Crippen LogP contribution in [0.15, 0.2) is 30.3 Å². The summed E-state index contributed by atoms with van der Waals surface area (Å²) < 4.78 is 4.96. The molecule has 20 heavy (non-hydrogen) atoms. The van der Waals surface area contributed by atoms with Gasteiger partial charge in [0.2, 0.25) is 5.91 Å². The molecule has 1 aromatic rings. The molecule has 1 heterocycles. The van der Waals surface area contributed by atoms with Crippen LogP contribution < -0.4 is 0 Å². The molecule has 110 valence electrons. The van der Waals surface area contributed by atoms with Crippen LogP contribution in [-0.4, -0.2) is 29.5 Å². The molecule has 0 aliphatic carbocycles. The highest BCUT2D eigenvalue weighted by Gasteiger charge is 2.39. The van der Waals surface area contributed by atoms with Gasteiger partial charge in [-0.05, 0) is 11.5 Å². The normalized spacial score (nSPS) is 17.6. The molecule has 0 saturated carbocycles. The molecule has 2 rings (SSSR count). The fraction of sp³-hybridized carbons (Fsp3) is 0.500. The second kappa shape index (κ2) is 7.68. The number of hydrogen-bond donors (Lipinski definition) is 0. The summed E-state index contributed by atoms with van der Waals surface area (Å²) in [4.78, 5) is 25.0. The van der Waals surface area contributed by atoms with E-state index < -0.39 is 6.09 Å². The van der Waals surface area contributed by atoms with Crippen molar-refractivity contribution < 1.29 is 14.3 Å². The van der Waals surface area contributed by atoms with E-state index in [-0.39, 0.29) is 24.3 Å². The molecule has 0 aromatic heterocycles. The van der Waals surface area contributed by atoms with Crippen molar-refractivity contribution in [2.75, 3.05) is 6.61 Å². The summed E-state index contributed by atoms with van der Waals surface area (Å²) >= 11 is 0. The van der Waals surface area contributed by atoms with Gasteiger partial charge in [0.1, 0.15) is 6.61 Å². The number of nitrogens with zero attached hydrogens (tertiary/aromatic N) is 1. The molecule has 2 amide bonds. The number of rotatable bonds is 3. The summed E-state index contributed by atoms with van der Waals surface area (Å²) in [5.74, 6) is 0.0126. The largest absolute Gasteiger partial charge is 0.447 e. The maximum atomic E-state index is 12.2. The van der Waals surface area contributed by atoms with Gasteiger partial charge in [-0.15, -0.1) is 0 Å². The van der Waals surface area contributed by atoms with E-state index in [9.17, 15) is 9.59 Å². The second-order valence-corrected chi connectivity index (χ2v) is 4.81. The maximum Gasteiger partial charge on any atom is 0.416 e. The van der Waals surface area contributed by atoms with Gasteiger partial charge in [-0.1, -0.05) is 58.0 Å². The Labute approximate surface area is 120 Å². The van der Waals surface area contributed by atoms with Gasteiger partial charge in [-0.25, -0.2) is 9.69 Å². The fourth-order valence-electron chi connectivity index (χ4n) is 2.07. The Bertz CT molecular complexity index is 442. The number of hydrogen-bond acceptors (Lipinski definition) is 3. The average Bonchev–Trinajstić information content (AvgIpc) is 2.84. The van der Waals surface area contributed by atoms with E-state index in [0.717, 1.165) is 5.56 Å². The molecule has 4 heteroatoms. The minimum absolute atomic E-state index is 0.145. The van der Waals surface area contributed by atoms with E-state index >= 15 is 0 Å². The molecule has 0 N–H and O–H groups in total. The quantitative estimate of drug-likeness (QED) is 0.852. The van der Waals surface area contributed by atoms with Gasteiger partial charge in [0.25, 0.3) is 0 Å². The zero-order valence-corrected chi connectivity index (χ0v) is 12.6. The highest BCUT2D eigenvalue weighted by atomic mass is 16.6. The first-order valence-electron chi connectivity index (χ1n) is 7.12. The first-order chi connectivity index (χ1) is 9.59. The average molecular weight is 277 g/mol. The Balaban J connectivity index is 0.000000956. The topological polar surface area (TPSA) is 46.6 Å². The van der Waals surface area contributed by atoms with Crippen molar-refractivity contribution in [1.29, 1.82) is 0 Å². The van der Waals surface area contributed by atoms with Gasteiger partial charge in [0, 0.05) is 0 Å². The number of imide groups is 1. The zero-order chi connectivity index (χ0) is 15.1. The molecule has 1 saturated heterocycles. The van der Waals surface area contributed by atoms with Crippen LogP contribution in [-0.2, 0) is 16.0 Å². The SMILES string of the molecule is CC.CC(C)C1COC(=O)N1C(=O)Cc1ccccc1. The third kappa shape index (κ3) is 3.83. The first kappa shape index (κ1) is 16.2. The van der Waals surface area contributed by atoms with Crippen molar-refractivity contribution in [3.63, 3.8) is 0 Å². The second-order valence-electron chi connectivity index (χ2n) is 4.81. The molecule has 0 spiro atoms. The summed E-state index contributed by atoms with van der Waals surface area (Å²) in [6, 6.07) is 9.27.